The van der Waals surface area contributed by atoms with Crippen molar-refractivity contribution < 1.29 is 9.53 Å². The summed E-state index contributed by atoms with van der Waals surface area (Å²) in [5.41, 5.74) is 1.03. The number of rotatable bonds is 5. The van der Waals surface area contributed by atoms with E-state index >= 15 is 0 Å². The summed E-state index contributed by atoms with van der Waals surface area (Å²) < 4.78 is 5.58. The average Bonchev–Trinajstić information content (AvgIpc) is 2.79. The lowest BCUT2D eigenvalue weighted by atomic mass is 10.3. The molecule has 1 atom stereocenters. The molecule has 2 aromatic rings. The number of nitrogens with zero attached hydrogens (tertiary/aromatic N) is 1. The molecule has 4 nitrogen and oxygen atoms in total. The molecule has 0 aliphatic carbocycles. The average molecular weight is 290 g/mol. The molecular weight excluding hydrogens is 272 g/mol. The second-order valence-electron chi connectivity index (χ2n) is 4.44. The summed E-state index contributed by atoms with van der Waals surface area (Å²) in [6, 6.07) is 9.30. The van der Waals surface area contributed by atoms with Gasteiger partial charge in [0, 0.05) is 4.88 Å². The van der Waals surface area contributed by atoms with Gasteiger partial charge in [-0.1, -0.05) is 25.1 Å². The zero-order chi connectivity index (χ0) is 14.5. The predicted molar refractivity (Wildman–Crippen MR) is 81.4 cm³/mol. The van der Waals surface area contributed by atoms with Gasteiger partial charge in [0.25, 0.3) is 5.91 Å². The van der Waals surface area contributed by atoms with Gasteiger partial charge in [0.15, 0.2) is 11.2 Å². The number of hydrogen-bond acceptors (Lipinski definition) is 4. The fourth-order valence-corrected chi connectivity index (χ4v) is 2.68. The van der Waals surface area contributed by atoms with Crippen LogP contribution in [0.15, 0.2) is 30.3 Å². The lowest BCUT2D eigenvalue weighted by Gasteiger charge is -2.13. The summed E-state index contributed by atoms with van der Waals surface area (Å²) in [5.74, 6) is 0.491. The molecule has 1 amide bonds. The molecule has 1 N–H and O–H groups in total. The maximum absolute atomic E-state index is 12.1. The van der Waals surface area contributed by atoms with Crippen LogP contribution in [0, 0.1) is 6.92 Å². The van der Waals surface area contributed by atoms with Gasteiger partial charge < -0.3 is 4.74 Å². The third-order valence-corrected chi connectivity index (χ3v) is 3.81. The van der Waals surface area contributed by atoms with Crippen molar-refractivity contribution in [2.45, 2.75) is 33.3 Å². The molecule has 0 aliphatic rings. The van der Waals surface area contributed by atoms with E-state index in [1.807, 2.05) is 37.3 Å². The van der Waals surface area contributed by atoms with Gasteiger partial charge in [0.2, 0.25) is 0 Å². The third kappa shape index (κ3) is 3.57. The lowest BCUT2D eigenvalue weighted by Crippen LogP contribution is -2.30. The quantitative estimate of drug-likeness (QED) is 0.918. The normalized spacial score (nSPS) is 11.9. The molecule has 106 valence electrons. The molecule has 5 heteroatoms. The second-order valence-corrected chi connectivity index (χ2v) is 5.64. The number of ether oxygens (including phenoxy) is 1. The van der Waals surface area contributed by atoms with E-state index in [0.717, 1.165) is 17.0 Å². The zero-order valence-electron chi connectivity index (χ0n) is 11.8. The third-order valence-electron chi connectivity index (χ3n) is 2.88. The van der Waals surface area contributed by atoms with Crippen molar-refractivity contribution in [1.82, 2.24) is 4.98 Å². The number of benzene rings is 1. The van der Waals surface area contributed by atoms with E-state index in [4.69, 9.17) is 4.74 Å². The molecule has 1 aromatic heterocycles. The molecule has 0 aliphatic heterocycles. The molecule has 20 heavy (non-hydrogen) atoms. The number of anilines is 1. The maximum Gasteiger partial charge on any atom is 0.266 e. The van der Waals surface area contributed by atoms with Crippen molar-refractivity contribution in [3.05, 3.63) is 40.9 Å². The minimum absolute atomic E-state index is 0.190. The van der Waals surface area contributed by atoms with E-state index in [0.29, 0.717) is 10.9 Å². The van der Waals surface area contributed by atoms with E-state index in [1.165, 1.54) is 11.3 Å². The van der Waals surface area contributed by atoms with Crippen molar-refractivity contribution in [3.8, 4) is 5.75 Å². The maximum atomic E-state index is 12.1. The molecule has 2 rings (SSSR count). The van der Waals surface area contributed by atoms with Crippen LogP contribution in [0.1, 0.15) is 24.4 Å². The van der Waals surface area contributed by atoms with Crippen LogP contribution < -0.4 is 10.1 Å². The summed E-state index contributed by atoms with van der Waals surface area (Å²) in [4.78, 5) is 17.6. The van der Waals surface area contributed by atoms with Crippen LogP contribution in [0.5, 0.6) is 5.75 Å². The molecule has 1 aromatic carbocycles. The lowest BCUT2D eigenvalue weighted by molar-refractivity contribution is -0.122. The van der Waals surface area contributed by atoms with Crippen LogP contribution in [0.25, 0.3) is 0 Å². The van der Waals surface area contributed by atoms with Crippen molar-refractivity contribution >= 4 is 22.4 Å². The molecule has 0 fully saturated rings. The number of amides is 1. The zero-order valence-corrected chi connectivity index (χ0v) is 12.7. The SMILES string of the molecule is CCc1nc(NC(=O)[C@H](C)Oc2ccccc2)sc1C. The fraction of sp³-hybridized carbons (Fsp3) is 0.333. The standard InChI is InChI=1S/C15H18N2O2S/c1-4-13-11(3)20-15(16-13)17-14(18)10(2)19-12-8-6-5-7-9-12/h5-10H,4H2,1-3H3,(H,16,17,18)/t10-/m0/s1. The topological polar surface area (TPSA) is 51.2 Å². The van der Waals surface area contributed by atoms with Gasteiger partial charge in [-0.15, -0.1) is 11.3 Å². The minimum atomic E-state index is -0.563. The van der Waals surface area contributed by atoms with Crippen molar-refractivity contribution in [3.63, 3.8) is 0 Å². The first-order valence-corrected chi connectivity index (χ1v) is 7.40. The first-order chi connectivity index (χ1) is 9.60. The summed E-state index contributed by atoms with van der Waals surface area (Å²) >= 11 is 1.49. The Balaban J connectivity index is 1.97. The highest BCUT2D eigenvalue weighted by Crippen LogP contribution is 2.22. The summed E-state index contributed by atoms with van der Waals surface area (Å²) in [6.45, 7) is 5.79. The second kappa shape index (κ2) is 6.52. The highest BCUT2D eigenvalue weighted by Gasteiger charge is 2.17. The smallest absolute Gasteiger partial charge is 0.266 e. The monoisotopic (exact) mass is 290 g/mol. The van der Waals surface area contributed by atoms with Crippen molar-refractivity contribution in [1.29, 1.82) is 0 Å². The number of nitrogens with one attached hydrogen (secondary N) is 1. The Kier molecular flexibility index (Phi) is 4.74. The molecule has 1 heterocycles. The van der Waals surface area contributed by atoms with E-state index < -0.39 is 6.10 Å². The van der Waals surface area contributed by atoms with Gasteiger partial charge in [-0.05, 0) is 32.4 Å². The number of aryl methyl sites for hydroxylation is 2. The van der Waals surface area contributed by atoms with E-state index in [9.17, 15) is 4.79 Å². The number of carbonyl (C=O) groups excluding carboxylic acids is 1. The van der Waals surface area contributed by atoms with Crippen LogP contribution in [0.2, 0.25) is 0 Å². The molecule has 0 saturated heterocycles. The first kappa shape index (κ1) is 14.5. The van der Waals surface area contributed by atoms with E-state index in [1.54, 1.807) is 6.92 Å². The van der Waals surface area contributed by atoms with Gasteiger partial charge in [-0.25, -0.2) is 4.98 Å². The Morgan fingerprint density at radius 2 is 2.10 bits per heavy atom. The van der Waals surface area contributed by atoms with Gasteiger partial charge in [-0.3, -0.25) is 10.1 Å². The Morgan fingerprint density at radius 3 is 2.70 bits per heavy atom. The summed E-state index contributed by atoms with van der Waals surface area (Å²) in [7, 11) is 0. The summed E-state index contributed by atoms with van der Waals surface area (Å²) in [6.07, 6.45) is 0.306. The Labute approximate surface area is 122 Å². The van der Waals surface area contributed by atoms with Gasteiger partial charge in [0.1, 0.15) is 5.75 Å². The molecule has 0 radical (unpaired) electrons. The van der Waals surface area contributed by atoms with Gasteiger partial charge in [0.05, 0.1) is 5.69 Å². The van der Waals surface area contributed by atoms with Crippen LogP contribution in [0.4, 0.5) is 5.13 Å². The number of thiazole rings is 1. The fourth-order valence-electron chi connectivity index (χ4n) is 1.77. The van der Waals surface area contributed by atoms with Gasteiger partial charge >= 0.3 is 0 Å². The van der Waals surface area contributed by atoms with E-state index in [2.05, 4.69) is 17.2 Å². The van der Waals surface area contributed by atoms with Crippen LogP contribution in [0.3, 0.4) is 0 Å². The highest BCUT2D eigenvalue weighted by molar-refractivity contribution is 7.15. The van der Waals surface area contributed by atoms with Crippen molar-refractivity contribution in [2.24, 2.45) is 0 Å². The molecular formula is C15H18N2O2S. The first-order valence-electron chi connectivity index (χ1n) is 6.59. The number of hydrogen-bond donors (Lipinski definition) is 1. The number of para-hydroxylation sites is 1. The summed E-state index contributed by atoms with van der Waals surface area (Å²) in [5, 5.41) is 3.43. The molecule has 0 unspecified atom stereocenters. The van der Waals surface area contributed by atoms with Crippen LogP contribution >= 0.6 is 11.3 Å². The Morgan fingerprint density at radius 1 is 1.40 bits per heavy atom. The van der Waals surface area contributed by atoms with Gasteiger partial charge in [-0.2, -0.15) is 0 Å². The predicted octanol–water partition coefficient (Wildman–Crippen LogP) is 3.42. The molecule has 0 bridgehead atoms. The van der Waals surface area contributed by atoms with E-state index in [-0.39, 0.29) is 5.91 Å². The molecule has 0 spiro atoms. The number of aromatic nitrogens is 1. The molecule has 0 saturated carbocycles. The Hall–Kier alpha value is -1.88. The number of carbonyl (C=O) groups is 1. The highest BCUT2D eigenvalue weighted by atomic mass is 32.1. The Bertz CT molecular complexity index is 581. The van der Waals surface area contributed by atoms with Crippen molar-refractivity contribution in [2.75, 3.05) is 5.32 Å². The minimum Gasteiger partial charge on any atom is -0.481 e. The van der Waals surface area contributed by atoms with Crippen LogP contribution in [-0.2, 0) is 11.2 Å². The van der Waals surface area contributed by atoms with Crippen LogP contribution in [-0.4, -0.2) is 17.0 Å². The largest absolute Gasteiger partial charge is 0.481 e.